The summed E-state index contributed by atoms with van der Waals surface area (Å²) < 4.78 is 19.9. The highest BCUT2D eigenvalue weighted by molar-refractivity contribution is 6.08. The second-order valence-corrected chi connectivity index (χ2v) is 6.65. The van der Waals surface area contributed by atoms with Gasteiger partial charge in [0.05, 0.1) is 12.7 Å². The molecule has 1 heterocycles. The zero-order valence-corrected chi connectivity index (χ0v) is 15.9. The van der Waals surface area contributed by atoms with Crippen LogP contribution in [0.3, 0.4) is 0 Å². The number of para-hydroxylation sites is 1. The molecule has 0 aliphatic heterocycles. The van der Waals surface area contributed by atoms with Crippen molar-refractivity contribution >= 4 is 22.8 Å². The van der Waals surface area contributed by atoms with Crippen molar-refractivity contribution in [3.63, 3.8) is 0 Å². The molecule has 1 N–H and O–H groups in total. The van der Waals surface area contributed by atoms with Crippen molar-refractivity contribution in [2.45, 2.75) is 32.4 Å². The van der Waals surface area contributed by atoms with Gasteiger partial charge >= 0.3 is 5.97 Å². The molecule has 3 aromatic rings. The zero-order valence-electron chi connectivity index (χ0n) is 15.9. The van der Waals surface area contributed by atoms with Gasteiger partial charge in [-0.15, -0.1) is 0 Å². The lowest BCUT2D eigenvalue weighted by atomic mass is 10.1. The first-order valence-electron chi connectivity index (χ1n) is 9.24. The summed E-state index contributed by atoms with van der Waals surface area (Å²) in [7, 11) is 1.31. The van der Waals surface area contributed by atoms with Crippen molar-refractivity contribution in [2.75, 3.05) is 7.11 Å². The molecule has 0 saturated carbocycles. The molecule has 1 unspecified atom stereocenters. The standard InChI is InChI=1S/C22H23FN2O3/c1-3-6-19(22(27)28-2)24-21(26)18-14-25(20-8-5-4-7-17(18)20)13-15-9-11-16(23)12-10-15/h4-5,7-12,14,19H,3,6,13H2,1-2H3,(H,24,26). The van der Waals surface area contributed by atoms with Crippen LogP contribution < -0.4 is 5.32 Å². The molecule has 1 aromatic heterocycles. The number of amides is 1. The number of hydrogen-bond donors (Lipinski definition) is 1. The van der Waals surface area contributed by atoms with Gasteiger partial charge in [0.2, 0.25) is 0 Å². The minimum atomic E-state index is -0.679. The van der Waals surface area contributed by atoms with Gasteiger partial charge in [0.25, 0.3) is 5.91 Å². The fourth-order valence-electron chi connectivity index (χ4n) is 3.26. The highest BCUT2D eigenvalue weighted by atomic mass is 19.1. The second-order valence-electron chi connectivity index (χ2n) is 6.65. The number of esters is 1. The Morgan fingerprint density at radius 3 is 2.54 bits per heavy atom. The third-order valence-corrected chi connectivity index (χ3v) is 4.67. The topological polar surface area (TPSA) is 60.3 Å². The van der Waals surface area contributed by atoms with Crippen molar-refractivity contribution in [1.82, 2.24) is 9.88 Å². The lowest BCUT2D eigenvalue weighted by Gasteiger charge is -2.15. The average molecular weight is 382 g/mol. The smallest absolute Gasteiger partial charge is 0.328 e. The molecular weight excluding hydrogens is 359 g/mol. The molecule has 2 aromatic carbocycles. The number of hydrogen-bond acceptors (Lipinski definition) is 3. The maximum atomic E-state index is 13.2. The molecule has 1 amide bonds. The normalized spacial score (nSPS) is 12.0. The van der Waals surface area contributed by atoms with Gasteiger partial charge in [0.15, 0.2) is 0 Å². The SMILES string of the molecule is CCCC(NC(=O)c1cn(Cc2ccc(F)cc2)c2ccccc12)C(=O)OC. The van der Waals surface area contributed by atoms with Crippen LogP contribution in [-0.4, -0.2) is 29.6 Å². The molecule has 5 nitrogen and oxygen atoms in total. The Morgan fingerprint density at radius 1 is 1.14 bits per heavy atom. The lowest BCUT2D eigenvalue weighted by Crippen LogP contribution is -2.41. The van der Waals surface area contributed by atoms with Crippen LogP contribution >= 0.6 is 0 Å². The number of fused-ring (bicyclic) bond motifs is 1. The van der Waals surface area contributed by atoms with Crippen LogP contribution in [0.5, 0.6) is 0 Å². The van der Waals surface area contributed by atoms with Crippen LogP contribution in [0.1, 0.15) is 35.7 Å². The van der Waals surface area contributed by atoms with Gasteiger partial charge in [-0.1, -0.05) is 43.7 Å². The molecule has 1 atom stereocenters. The largest absolute Gasteiger partial charge is 0.467 e. The van der Waals surface area contributed by atoms with Crippen LogP contribution in [0.4, 0.5) is 4.39 Å². The van der Waals surface area contributed by atoms with E-state index in [4.69, 9.17) is 4.74 Å². The predicted octanol–water partition coefficient (Wildman–Crippen LogP) is 3.90. The summed E-state index contributed by atoms with van der Waals surface area (Å²) >= 11 is 0. The molecule has 28 heavy (non-hydrogen) atoms. The Kier molecular flexibility index (Phi) is 6.09. The first kappa shape index (κ1) is 19.6. The van der Waals surface area contributed by atoms with Gasteiger partial charge in [0, 0.05) is 23.6 Å². The van der Waals surface area contributed by atoms with E-state index in [0.717, 1.165) is 22.9 Å². The number of halogens is 1. The summed E-state index contributed by atoms with van der Waals surface area (Å²) in [5.41, 5.74) is 2.30. The third-order valence-electron chi connectivity index (χ3n) is 4.67. The number of carbonyl (C=O) groups excluding carboxylic acids is 2. The molecule has 0 bridgehead atoms. The monoisotopic (exact) mass is 382 g/mol. The molecule has 6 heteroatoms. The lowest BCUT2D eigenvalue weighted by molar-refractivity contribution is -0.143. The Balaban J connectivity index is 1.91. The summed E-state index contributed by atoms with van der Waals surface area (Å²) in [5.74, 6) is -1.06. The Bertz CT molecular complexity index is 979. The summed E-state index contributed by atoms with van der Waals surface area (Å²) in [5, 5.41) is 3.58. The molecule has 0 radical (unpaired) electrons. The van der Waals surface area contributed by atoms with Gasteiger partial charge in [-0.2, -0.15) is 0 Å². The molecular formula is C22H23FN2O3. The van der Waals surface area contributed by atoms with Crippen molar-refractivity contribution in [3.8, 4) is 0 Å². The van der Waals surface area contributed by atoms with Crippen molar-refractivity contribution in [1.29, 1.82) is 0 Å². The maximum absolute atomic E-state index is 13.2. The molecule has 0 aliphatic carbocycles. The van der Waals surface area contributed by atoms with E-state index < -0.39 is 12.0 Å². The van der Waals surface area contributed by atoms with Crippen molar-refractivity contribution in [2.24, 2.45) is 0 Å². The first-order chi connectivity index (χ1) is 13.5. The number of methoxy groups -OCH3 is 1. The minimum absolute atomic E-state index is 0.286. The van der Waals surface area contributed by atoms with E-state index in [1.165, 1.54) is 19.2 Å². The molecule has 0 fully saturated rings. The van der Waals surface area contributed by atoms with Crippen molar-refractivity contribution < 1.29 is 18.7 Å². The van der Waals surface area contributed by atoms with Crippen LogP contribution in [0.15, 0.2) is 54.7 Å². The fraction of sp³-hybridized carbons (Fsp3) is 0.273. The van der Waals surface area contributed by atoms with E-state index >= 15 is 0 Å². The van der Waals surface area contributed by atoms with E-state index in [9.17, 15) is 14.0 Å². The van der Waals surface area contributed by atoms with Gasteiger partial charge in [0.1, 0.15) is 11.9 Å². The maximum Gasteiger partial charge on any atom is 0.328 e. The van der Waals surface area contributed by atoms with E-state index in [2.05, 4.69) is 5.32 Å². The summed E-state index contributed by atoms with van der Waals surface area (Å²) in [6.45, 7) is 2.44. The van der Waals surface area contributed by atoms with Crippen molar-refractivity contribution in [3.05, 3.63) is 71.7 Å². The highest BCUT2D eigenvalue weighted by Gasteiger charge is 2.23. The fourth-order valence-corrected chi connectivity index (χ4v) is 3.26. The van der Waals surface area contributed by atoms with Gasteiger partial charge < -0.3 is 14.6 Å². The number of carbonyl (C=O) groups is 2. The molecule has 0 saturated heterocycles. The minimum Gasteiger partial charge on any atom is -0.467 e. The number of nitrogens with zero attached hydrogens (tertiary/aromatic N) is 1. The zero-order chi connectivity index (χ0) is 20.1. The van der Waals surface area contributed by atoms with Crippen LogP contribution in [0, 0.1) is 5.82 Å². The molecule has 0 spiro atoms. The first-order valence-corrected chi connectivity index (χ1v) is 9.24. The number of nitrogens with one attached hydrogen (secondary N) is 1. The number of rotatable bonds is 7. The molecule has 146 valence electrons. The van der Waals surface area contributed by atoms with E-state index in [-0.39, 0.29) is 11.7 Å². The summed E-state index contributed by atoms with van der Waals surface area (Å²) in [6.07, 6.45) is 3.02. The highest BCUT2D eigenvalue weighted by Crippen LogP contribution is 2.23. The summed E-state index contributed by atoms with van der Waals surface area (Å²) in [6, 6.07) is 13.2. The van der Waals surface area contributed by atoms with Crippen LogP contribution in [-0.2, 0) is 16.1 Å². The van der Waals surface area contributed by atoms with E-state index in [1.807, 2.05) is 35.8 Å². The van der Waals surface area contributed by atoms with E-state index in [0.29, 0.717) is 18.5 Å². The number of benzene rings is 2. The van der Waals surface area contributed by atoms with Gasteiger partial charge in [-0.05, 0) is 30.2 Å². The summed E-state index contributed by atoms with van der Waals surface area (Å²) in [4.78, 5) is 24.8. The molecule has 0 aliphatic rings. The third kappa shape index (κ3) is 4.22. The quantitative estimate of drug-likeness (QED) is 0.631. The van der Waals surface area contributed by atoms with E-state index in [1.54, 1.807) is 18.3 Å². The Morgan fingerprint density at radius 2 is 1.86 bits per heavy atom. The predicted molar refractivity (Wildman–Crippen MR) is 106 cm³/mol. The number of aromatic nitrogens is 1. The second kappa shape index (κ2) is 8.69. The average Bonchev–Trinajstić information content (AvgIpc) is 3.07. The van der Waals surface area contributed by atoms with Crippen LogP contribution in [0.2, 0.25) is 0 Å². The van der Waals surface area contributed by atoms with Gasteiger partial charge in [-0.25, -0.2) is 9.18 Å². The van der Waals surface area contributed by atoms with Crippen LogP contribution in [0.25, 0.3) is 10.9 Å². The van der Waals surface area contributed by atoms with Gasteiger partial charge in [-0.3, -0.25) is 4.79 Å². The Hall–Kier alpha value is -3.15. The molecule has 3 rings (SSSR count). The number of ether oxygens (including phenoxy) is 1. The Labute approximate surface area is 163 Å².